The van der Waals surface area contributed by atoms with E-state index in [1.165, 1.54) is 0 Å². The van der Waals surface area contributed by atoms with Gasteiger partial charge in [-0.05, 0) is 12.1 Å². The maximum atomic E-state index is 12.3. The number of amides is 1. The summed E-state index contributed by atoms with van der Waals surface area (Å²) < 4.78 is 1.15. The van der Waals surface area contributed by atoms with Gasteiger partial charge in [-0.1, -0.05) is 23.5 Å². The van der Waals surface area contributed by atoms with Crippen LogP contribution >= 0.6 is 11.3 Å². The Hall–Kier alpha value is -2.45. The van der Waals surface area contributed by atoms with Crippen LogP contribution < -0.4 is 16.0 Å². The third-order valence-electron chi connectivity index (χ3n) is 4.00. The third kappa shape index (κ3) is 2.98. The van der Waals surface area contributed by atoms with Crippen LogP contribution in [0, 0.1) is 0 Å². The van der Waals surface area contributed by atoms with Gasteiger partial charge in [0.25, 0.3) is 5.91 Å². The largest absolute Gasteiger partial charge is 0.360 e. The molecule has 0 saturated heterocycles. The Balaban J connectivity index is 1.31. The van der Waals surface area contributed by atoms with Crippen LogP contribution in [-0.4, -0.2) is 40.7 Å². The predicted molar refractivity (Wildman–Crippen MR) is 94.4 cm³/mol. The van der Waals surface area contributed by atoms with Crippen molar-refractivity contribution in [2.45, 2.75) is 13.0 Å². The molecule has 4 rings (SSSR count). The second-order valence-electron chi connectivity index (χ2n) is 5.63. The summed E-state index contributed by atoms with van der Waals surface area (Å²) in [5.74, 6) is -0.137. The monoisotopic (exact) mass is 342 g/mol. The van der Waals surface area contributed by atoms with Gasteiger partial charge in [-0.25, -0.2) is 4.98 Å². The molecule has 3 aromatic rings. The maximum Gasteiger partial charge on any atom is 0.272 e. The van der Waals surface area contributed by atoms with Crippen LogP contribution in [0.2, 0.25) is 0 Å². The lowest BCUT2D eigenvalue weighted by molar-refractivity contribution is 0.0949. The van der Waals surface area contributed by atoms with Crippen LogP contribution in [-0.2, 0) is 13.0 Å². The molecule has 4 N–H and O–H groups in total. The minimum absolute atomic E-state index is 0.137. The summed E-state index contributed by atoms with van der Waals surface area (Å²) in [7, 11) is 0. The second-order valence-corrected chi connectivity index (χ2v) is 6.66. The van der Waals surface area contributed by atoms with Crippen molar-refractivity contribution < 1.29 is 4.79 Å². The molecule has 0 fully saturated rings. The van der Waals surface area contributed by atoms with Crippen LogP contribution in [0.3, 0.4) is 0 Å². The minimum Gasteiger partial charge on any atom is -0.360 e. The molecule has 0 bridgehead atoms. The average Bonchev–Trinajstić information content (AvgIpc) is 3.22. The number of hydrogen-bond donors (Lipinski definition) is 4. The number of aromatic amines is 1. The van der Waals surface area contributed by atoms with Crippen LogP contribution in [0.1, 0.15) is 21.7 Å². The number of fused-ring (bicyclic) bond motifs is 2. The highest BCUT2D eigenvalue weighted by Gasteiger charge is 2.21. The number of nitrogens with one attached hydrogen (secondary N) is 4. The summed E-state index contributed by atoms with van der Waals surface area (Å²) in [5, 5.41) is 17.4. The number of anilines is 1. The predicted octanol–water partition coefficient (Wildman–Crippen LogP) is 1.51. The van der Waals surface area contributed by atoms with E-state index in [9.17, 15) is 4.79 Å². The van der Waals surface area contributed by atoms with Crippen LogP contribution in [0.15, 0.2) is 24.3 Å². The molecule has 0 unspecified atom stereocenters. The first-order chi connectivity index (χ1) is 11.8. The summed E-state index contributed by atoms with van der Waals surface area (Å²) in [6.45, 7) is 2.75. The van der Waals surface area contributed by atoms with E-state index in [0.717, 1.165) is 39.6 Å². The third-order valence-corrected chi connectivity index (χ3v) is 5.00. The molecular weight excluding hydrogens is 324 g/mol. The number of thiazole rings is 1. The van der Waals surface area contributed by atoms with Gasteiger partial charge in [0, 0.05) is 43.9 Å². The first-order valence-corrected chi connectivity index (χ1v) is 8.77. The zero-order chi connectivity index (χ0) is 16.4. The quantitative estimate of drug-likeness (QED) is 0.527. The molecule has 24 heavy (non-hydrogen) atoms. The smallest absolute Gasteiger partial charge is 0.272 e. The maximum absolute atomic E-state index is 12.3. The van der Waals surface area contributed by atoms with Crippen molar-refractivity contribution in [2.24, 2.45) is 0 Å². The molecule has 1 aromatic carbocycles. The van der Waals surface area contributed by atoms with E-state index in [-0.39, 0.29) is 5.91 Å². The molecule has 1 aliphatic rings. The van der Waals surface area contributed by atoms with Crippen LogP contribution in [0.4, 0.5) is 5.13 Å². The van der Waals surface area contributed by atoms with Gasteiger partial charge in [-0.2, -0.15) is 5.10 Å². The Labute approximate surface area is 142 Å². The van der Waals surface area contributed by atoms with Gasteiger partial charge < -0.3 is 16.0 Å². The molecule has 0 aliphatic carbocycles. The lowest BCUT2D eigenvalue weighted by Crippen LogP contribution is -2.31. The summed E-state index contributed by atoms with van der Waals surface area (Å²) in [4.78, 5) is 16.8. The zero-order valence-corrected chi connectivity index (χ0v) is 13.9. The molecule has 0 radical (unpaired) electrons. The van der Waals surface area contributed by atoms with Crippen molar-refractivity contribution in [3.05, 3.63) is 41.2 Å². The second kappa shape index (κ2) is 6.58. The average molecular weight is 342 g/mol. The number of para-hydroxylation sites is 1. The molecule has 2 aromatic heterocycles. The molecule has 1 amide bonds. The topological polar surface area (TPSA) is 94.7 Å². The van der Waals surface area contributed by atoms with E-state index < -0.39 is 0 Å². The van der Waals surface area contributed by atoms with E-state index in [1.54, 1.807) is 11.3 Å². The van der Waals surface area contributed by atoms with Crippen LogP contribution in [0.25, 0.3) is 10.2 Å². The highest BCUT2D eigenvalue weighted by Crippen LogP contribution is 2.24. The Bertz CT molecular complexity index is 837. The highest BCUT2D eigenvalue weighted by atomic mass is 32.1. The summed E-state index contributed by atoms with van der Waals surface area (Å²) in [6.07, 6.45) is 0.884. The van der Waals surface area contributed by atoms with Crippen molar-refractivity contribution in [2.75, 3.05) is 25.0 Å². The number of hydrogen-bond acceptors (Lipinski definition) is 6. The van der Waals surface area contributed by atoms with Crippen molar-refractivity contribution in [3.63, 3.8) is 0 Å². The first kappa shape index (κ1) is 15.1. The fourth-order valence-corrected chi connectivity index (χ4v) is 3.68. The number of rotatable bonds is 5. The number of carbonyl (C=O) groups is 1. The van der Waals surface area contributed by atoms with E-state index >= 15 is 0 Å². The Morgan fingerprint density at radius 3 is 3.12 bits per heavy atom. The van der Waals surface area contributed by atoms with Gasteiger partial charge in [0.1, 0.15) is 0 Å². The van der Waals surface area contributed by atoms with Crippen molar-refractivity contribution in [1.82, 2.24) is 25.8 Å². The number of benzene rings is 1. The summed E-state index contributed by atoms with van der Waals surface area (Å²) in [5.41, 5.74) is 3.53. The number of H-pyrrole nitrogens is 1. The SMILES string of the molecule is O=C(NCCNc1nc2ccccc2s1)c1n[nH]c2c1CNCC2. The Morgan fingerprint density at radius 2 is 2.21 bits per heavy atom. The number of carbonyl (C=O) groups excluding carboxylic acids is 1. The number of aromatic nitrogens is 3. The normalized spacial score (nSPS) is 13.7. The number of nitrogens with zero attached hydrogens (tertiary/aromatic N) is 2. The molecule has 7 nitrogen and oxygen atoms in total. The van der Waals surface area contributed by atoms with Crippen molar-refractivity contribution in [1.29, 1.82) is 0 Å². The van der Waals surface area contributed by atoms with Gasteiger partial charge in [-0.3, -0.25) is 9.89 Å². The first-order valence-electron chi connectivity index (χ1n) is 7.96. The molecule has 0 spiro atoms. The molecule has 0 saturated carbocycles. The van der Waals surface area contributed by atoms with E-state index in [4.69, 9.17) is 0 Å². The molecular formula is C16H18N6OS. The van der Waals surface area contributed by atoms with Gasteiger partial charge in [0.15, 0.2) is 10.8 Å². The van der Waals surface area contributed by atoms with Gasteiger partial charge in [-0.15, -0.1) is 0 Å². The highest BCUT2D eigenvalue weighted by molar-refractivity contribution is 7.22. The molecule has 1 aliphatic heterocycles. The lowest BCUT2D eigenvalue weighted by Gasteiger charge is -2.12. The molecule has 8 heteroatoms. The van der Waals surface area contributed by atoms with E-state index in [1.807, 2.05) is 18.2 Å². The van der Waals surface area contributed by atoms with Crippen molar-refractivity contribution >= 4 is 32.6 Å². The van der Waals surface area contributed by atoms with Crippen LogP contribution in [0.5, 0.6) is 0 Å². The molecule has 0 atom stereocenters. The summed E-state index contributed by atoms with van der Waals surface area (Å²) >= 11 is 1.61. The van der Waals surface area contributed by atoms with E-state index in [2.05, 4.69) is 37.2 Å². The molecule has 124 valence electrons. The van der Waals surface area contributed by atoms with Crippen molar-refractivity contribution in [3.8, 4) is 0 Å². The minimum atomic E-state index is -0.137. The standard InChI is InChI=1S/C16H18N6OS/c23-15(14-10-9-17-6-5-11(10)21-22-14)18-7-8-19-16-20-12-3-1-2-4-13(12)24-16/h1-4,17H,5-9H2,(H,18,23)(H,19,20)(H,21,22). The lowest BCUT2D eigenvalue weighted by atomic mass is 10.1. The van der Waals surface area contributed by atoms with Gasteiger partial charge in [0.2, 0.25) is 0 Å². The van der Waals surface area contributed by atoms with Gasteiger partial charge in [0.05, 0.1) is 10.2 Å². The zero-order valence-electron chi connectivity index (χ0n) is 13.1. The van der Waals surface area contributed by atoms with Gasteiger partial charge >= 0.3 is 0 Å². The fourth-order valence-electron chi connectivity index (χ4n) is 2.79. The summed E-state index contributed by atoms with van der Waals surface area (Å²) in [6, 6.07) is 8.03. The Kier molecular flexibility index (Phi) is 4.14. The molecule has 3 heterocycles. The van der Waals surface area contributed by atoms with E-state index in [0.29, 0.717) is 25.3 Å². The fraction of sp³-hybridized carbons (Fsp3) is 0.312. The Morgan fingerprint density at radius 1 is 1.29 bits per heavy atom.